The maximum absolute atomic E-state index is 14.2. The Bertz CT molecular complexity index is 1130. The van der Waals surface area contributed by atoms with Crippen molar-refractivity contribution in [1.29, 1.82) is 0 Å². The second-order valence-corrected chi connectivity index (χ2v) is 18.7. The molecule has 1 aliphatic heterocycles. The van der Waals surface area contributed by atoms with Crippen LogP contribution in [0.15, 0.2) is 36.5 Å². The van der Waals surface area contributed by atoms with Gasteiger partial charge in [0.15, 0.2) is 0 Å². The molecule has 60 heavy (non-hydrogen) atoms. The molecule has 0 saturated carbocycles. The molecule has 1 heterocycles. The van der Waals surface area contributed by atoms with Gasteiger partial charge in [-0.05, 0) is 130 Å². The van der Waals surface area contributed by atoms with Gasteiger partial charge in [0.25, 0.3) is 0 Å². The van der Waals surface area contributed by atoms with Gasteiger partial charge in [0.1, 0.15) is 17.8 Å². The van der Waals surface area contributed by atoms with Gasteiger partial charge in [-0.1, -0.05) is 148 Å². The van der Waals surface area contributed by atoms with E-state index in [1.54, 1.807) is 0 Å². The Balaban J connectivity index is 3.12. The standard InChI is InChI=1S/C53H95NO6/c1-8-12-16-20-24-28-32-36-40-46(41-37-33-29-25-21-17-13-9-2)58-50(55)48-44-54(52(57)60-53(5,6)7)45-49(48)51(56)59-47(42-38-34-30-26-22-18-14-10-3)43-39-35-31-27-23-19-15-11-4/h24-26,28-30,46-49H,8-23,27,31-45H2,1-7H3/b28-24-,29-25-,30-26-. The first-order valence-corrected chi connectivity index (χ1v) is 25.4. The first-order valence-electron chi connectivity index (χ1n) is 25.4. The number of carbonyl (C=O) groups is 3. The molecule has 3 atom stereocenters. The summed E-state index contributed by atoms with van der Waals surface area (Å²) in [5.41, 5.74) is -0.697. The molecule has 3 unspecified atom stereocenters. The van der Waals surface area contributed by atoms with Crippen LogP contribution < -0.4 is 0 Å². The first kappa shape index (κ1) is 55.4. The van der Waals surface area contributed by atoms with Crippen molar-refractivity contribution in [3.05, 3.63) is 36.5 Å². The van der Waals surface area contributed by atoms with Crippen molar-refractivity contribution in [3.63, 3.8) is 0 Å². The zero-order valence-electron chi connectivity index (χ0n) is 40.3. The third kappa shape index (κ3) is 29.6. The molecule has 0 radical (unpaired) electrons. The van der Waals surface area contributed by atoms with Gasteiger partial charge >= 0.3 is 18.0 Å². The predicted molar refractivity (Wildman–Crippen MR) is 253 cm³/mol. The van der Waals surface area contributed by atoms with Crippen LogP contribution in [0.5, 0.6) is 0 Å². The third-order valence-electron chi connectivity index (χ3n) is 11.6. The normalized spacial score (nSPS) is 16.5. The molecule has 1 fully saturated rings. The average molecular weight is 842 g/mol. The molecule has 1 amide bonds. The van der Waals surface area contributed by atoms with E-state index in [0.29, 0.717) is 0 Å². The van der Waals surface area contributed by atoms with E-state index >= 15 is 0 Å². The molecule has 0 N–H and O–H groups in total. The van der Waals surface area contributed by atoms with Crippen molar-refractivity contribution in [3.8, 4) is 0 Å². The Morgan fingerprint density at radius 1 is 0.467 bits per heavy atom. The summed E-state index contributed by atoms with van der Waals surface area (Å²) < 4.78 is 18.4. The maximum Gasteiger partial charge on any atom is 0.410 e. The number of hydrogen-bond donors (Lipinski definition) is 0. The monoisotopic (exact) mass is 842 g/mol. The van der Waals surface area contributed by atoms with Crippen LogP contribution in [0.25, 0.3) is 0 Å². The van der Waals surface area contributed by atoms with Crippen LogP contribution in [0.3, 0.4) is 0 Å². The highest BCUT2D eigenvalue weighted by Crippen LogP contribution is 2.30. The van der Waals surface area contributed by atoms with Crippen LogP contribution in [0.4, 0.5) is 4.79 Å². The lowest BCUT2D eigenvalue weighted by molar-refractivity contribution is -0.165. The van der Waals surface area contributed by atoms with E-state index < -0.39 is 29.5 Å². The lowest BCUT2D eigenvalue weighted by Crippen LogP contribution is -2.36. The summed E-state index contributed by atoms with van der Waals surface area (Å²) in [4.78, 5) is 43.3. The Labute approximate surface area is 370 Å². The Hall–Kier alpha value is -2.57. The molecule has 0 aromatic rings. The van der Waals surface area contributed by atoms with Crippen molar-refractivity contribution in [2.45, 2.75) is 259 Å². The van der Waals surface area contributed by atoms with Crippen LogP contribution >= 0.6 is 0 Å². The lowest BCUT2D eigenvalue weighted by Gasteiger charge is -2.24. The van der Waals surface area contributed by atoms with Crippen LogP contribution in [-0.4, -0.2) is 53.8 Å². The van der Waals surface area contributed by atoms with E-state index in [2.05, 4.69) is 64.2 Å². The summed E-state index contributed by atoms with van der Waals surface area (Å²) in [6, 6.07) is 0. The number of amides is 1. The Morgan fingerprint density at radius 2 is 0.767 bits per heavy atom. The number of nitrogens with zero attached hydrogens (tertiary/aromatic N) is 1. The molecule has 0 aliphatic carbocycles. The van der Waals surface area contributed by atoms with Crippen molar-refractivity contribution in [2.24, 2.45) is 11.8 Å². The van der Waals surface area contributed by atoms with Gasteiger partial charge in [0.05, 0.1) is 11.8 Å². The van der Waals surface area contributed by atoms with Crippen LogP contribution in [0.1, 0.15) is 241 Å². The highest BCUT2D eigenvalue weighted by Gasteiger charge is 2.47. The third-order valence-corrected chi connectivity index (χ3v) is 11.6. The minimum atomic E-state index is -0.792. The van der Waals surface area contributed by atoms with Crippen molar-refractivity contribution >= 4 is 18.0 Å². The maximum atomic E-state index is 14.2. The van der Waals surface area contributed by atoms with Crippen molar-refractivity contribution < 1.29 is 28.6 Å². The molecule has 0 aromatic carbocycles. The first-order chi connectivity index (χ1) is 29.1. The second-order valence-electron chi connectivity index (χ2n) is 18.7. The molecule has 1 rings (SSSR count). The topological polar surface area (TPSA) is 82.1 Å². The minimum Gasteiger partial charge on any atom is -0.462 e. The molecule has 7 nitrogen and oxygen atoms in total. The van der Waals surface area contributed by atoms with Crippen LogP contribution in [0, 0.1) is 11.8 Å². The summed E-state index contributed by atoms with van der Waals surface area (Å²) >= 11 is 0. The fourth-order valence-corrected chi connectivity index (χ4v) is 7.92. The summed E-state index contributed by atoms with van der Waals surface area (Å²) in [7, 11) is 0. The summed E-state index contributed by atoms with van der Waals surface area (Å²) in [6.45, 7) is 14.6. The van der Waals surface area contributed by atoms with Crippen LogP contribution in [-0.2, 0) is 23.8 Å². The van der Waals surface area contributed by atoms with Gasteiger partial charge in [0.2, 0.25) is 0 Å². The van der Waals surface area contributed by atoms with Gasteiger partial charge < -0.3 is 19.1 Å². The fourth-order valence-electron chi connectivity index (χ4n) is 7.92. The van der Waals surface area contributed by atoms with E-state index in [1.165, 1.54) is 101 Å². The SMILES string of the molecule is CCCCC/C=C\CCCC(CCC/C=C\CCCCC)OC(=O)C1CN(C(=O)OC(C)(C)C)CC1C(=O)OC(CCC/C=C\CCCCC)CCCCCCCCCC. The number of ether oxygens (including phenoxy) is 3. The number of esters is 2. The zero-order chi connectivity index (χ0) is 44.1. The van der Waals surface area contributed by atoms with E-state index in [9.17, 15) is 14.4 Å². The van der Waals surface area contributed by atoms with Crippen molar-refractivity contribution in [2.75, 3.05) is 13.1 Å². The number of carbonyl (C=O) groups excluding carboxylic acids is 3. The van der Waals surface area contributed by atoms with Crippen LogP contribution in [0.2, 0.25) is 0 Å². The fraction of sp³-hybridized carbons (Fsp3) is 0.830. The molecule has 7 heteroatoms. The lowest BCUT2D eigenvalue weighted by atomic mass is 9.95. The Morgan fingerprint density at radius 3 is 1.12 bits per heavy atom. The number of likely N-dealkylation sites (tertiary alicyclic amines) is 1. The van der Waals surface area contributed by atoms with Gasteiger partial charge in [-0.25, -0.2) is 4.79 Å². The second kappa shape index (κ2) is 37.0. The number of allylic oxidation sites excluding steroid dienone is 6. The average Bonchev–Trinajstić information content (AvgIpc) is 3.67. The van der Waals surface area contributed by atoms with E-state index in [4.69, 9.17) is 14.2 Å². The summed E-state index contributed by atoms with van der Waals surface area (Å²) in [5.74, 6) is -2.37. The van der Waals surface area contributed by atoms with E-state index in [0.717, 1.165) is 96.3 Å². The molecule has 0 aromatic heterocycles. The summed E-state index contributed by atoms with van der Waals surface area (Å²) in [5, 5.41) is 0. The van der Waals surface area contributed by atoms with Gasteiger partial charge in [-0.3, -0.25) is 9.59 Å². The number of unbranched alkanes of at least 4 members (excludes halogenated alkanes) is 19. The molecular formula is C53H95NO6. The van der Waals surface area contributed by atoms with E-state index in [1.807, 2.05) is 20.8 Å². The smallest absolute Gasteiger partial charge is 0.410 e. The Kier molecular flexibility index (Phi) is 34.2. The highest BCUT2D eigenvalue weighted by molar-refractivity contribution is 5.85. The van der Waals surface area contributed by atoms with Gasteiger partial charge in [-0.2, -0.15) is 0 Å². The van der Waals surface area contributed by atoms with Crippen molar-refractivity contribution in [1.82, 2.24) is 4.90 Å². The van der Waals surface area contributed by atoms with E-state index in [-0.39, 0.29) is 31.3 Å². The molecule has 0 bridgehead atoms. The van der Waals surface area contributed by atoms with Gasteiger partial charge in [0, 0.05) is 13.1 Å². The number of rotatable bonds is 37. The number of hydrogen-bond acceptors (Lipinski definition) is 6. The molecule has 1 saturated heterocycles. The zero-order valence-corrected chi connectivity index (χ0v) is 40.3. The molecule has 348 valence electrons. The molecule has 1 aliphatic rings. The molecular weight excluding hydrogens is 747 g/mol. The highest BCUT2D eigenvalue weighted by atomic mass is 16.6. The minimum absolute atomic E-state index is 0.0900. The molecule has 0 spiro atoms. The quantitative estimate of drug-likeness (QED) is 0.0268. The predicted octanol–water partition coefficient (Wildman–Crippen LogP) is 15.7. The summed E-state index contributed by atoms with van der Waals surface area (Å²) in [6.07, 6.45) is 45.8. The largest absolute Gasteiger partial charge is 0.462 e. The van der Waals surface area contributed by atoms with Gasteiger partial charge in [-0.15, -0.1) is 0 Å².